The van der Waals surface area contributed by atoms with E-state index in [0.717, 1.165) is 12.8 Å². The Kier molecular flexibility index (Phi) is 3.99. The third kappa shape index (κ3) is 2.71. The smallest absolute Gasteiger partial charge is 0.256 e. The first-order valence-electron chi connectivity index (χ1n) is 6.38. The number of rotatable bonds is 2. The van der Waals surface area contributed by atoms with Crippen LogP contribution in [0.2, 0.25) is 0 Å². The molecule has 0 spiro atoms. The second-order valence-electron chi connectivity index (χ2n) is 4.98. The van der Waals surface area contributed by atoms with Crippen molar-refractivity contribution in [2.24, 2.45) is 5.73 Å². The van der Waals surface area contributed by atoms with Crippen LogP contribution in [-0.4, -0.2) is 34.5 Å². The van der Waals surface area contributed by atoms with E-state index in [1.165, 1.54) is 0 Å². The molecule has 0 aromatic heterocycles. The summed E-state index contributed by atoms with van der Waals surface area (Å²) in [5.41, 5.74) is 6.52. The Morgan fingerprint density at radius 1 is 1.44 bits per heavy atom. The lowest BCUT2D eigenvalue weighted by Crippen LogP contribution is -2.49. The molecule has 1 aromatic rings. The molecule has 1 heterocycles. The lowest BCUT2D eigenvalue weighted by atomic mass is 9.97. The topological polar surface area (TPSA) is 66.6 Å². The van der Waals surface area contributed by atoms with Crippen LogP contribution in [0.4, 0.5) is 0 Å². The molecule has 98 valence electrons. The van der Waals surface area contributed by atoms with Crippen LogP contribution in [0.15, 0.2) is 30.3 Å². The average molecular weight is 248 g/mol. The van der Waals surface area contributed by atoms with Gasteiger partial charge in [0.2, 0.25) is 0 Å². The maximum absolute atomic E-state index is 12.3. The molecule has 0 aliphatic carbocycles. The molecule has 18 heavy (non-hydrogen) atoms. The van der Waals surface area contributed by atoms with Crippen LogP contribution in [-0.2, 0) is 4.79 Å². The number of piperidine rings is 1. The molecule has 0 saturated carbocycles. The van der Waals surface area contributed by atoms with Gasteiger partial charge in [-0.15, -0.1) is 0 Å². The van der Waals surface area contributed by atoms with Crippen LogP contribution in [0.5, 0.6) is 0 Å². The van der Waals surface area contributed by atoms with E-state index in [9.17, 15) is 9.90 Å². The maximum atomic E-state index is 12.3. The number of benzene rings is 1. The van der Waals surface area contributed by atoms with Gasteiger partial charge in [0.1, 0.15) is 0 Å². The molecule has 4 nitrogen and oxygen atoms in total. The molecule has 0 radical (unpaired) electrons. The summed E-state index contributed by atoms with van der Waals surface area (Å²) in [4.78, 5) is 14.0. The fourth-order valence-electron chi connectivity index (χ4n) is 2.47. The summed E-state index contributed by atoms with van der Waals surface area (Å²) in [6.07, 6.45) is 0.535. The van der Waals surface area contributed by atoms with Crippen LogP contribution in [0, 0.1) is 0 Å². The van der Waals surface area contributed by atoms with Crippen molar-refractivity contribution in [1.82, 2.24) is 4.90 Å². The Bertz CT molecular complexity index is 408. The second-order valence-corrected chi connectivity index (χ2v) is 4.98. The molecule has 1 aliphatic heterocycles. The molecule has 1 fully saturated rings. The van der Waals surface area contributed by atoms with Crippen LogP contribution in [0.1, 0.15) is 31.4 Å². The van der Waals surface area contributed by atoms with E-state index in [-0.39, 0.29) is 18.0 Å². The molecule has 1 saturated heterocycles. The number of amides is 1. The zero-order valence-electron chi connectivity index (χ0n) is 10.6. The number of carbonyl (C=O) groups is 1. The molecular weight excluding hydrogens is 228 g/mol. The Labute approximate surface area is 107 Å². The number of likely N-dealkylation sites (tertiary alicyclic amines) is 1. The monoisotopic (exact) mass is 248 g/mol. The fourth-order valence-corrected chi connectivity index (χ4v) is 2.47. The Morgan fingerprint density at radius 2 is 2.11 bits per heavy atom. The highest BCUT2D eigenvalue weighted by atomic mass is 16.3. The minimum Gasteiger partial charge on any atom is -0.378 e. The molecule has 3 N–H and O–H groups in total. The molecule has 0 bridgehead atoms. The molecule has 3 atom stereocenters. The van der Waals surface area contributed by atoms with E-state index in [2.05, 4.69) is 0 Å². The van der Waals surface area contributed by atoms with Gasteiger partial charge in [0.05, 0.1) is 0 Å². The van der Waals surface area contributed by atoms with Crippen LogP contribution >= 0.6 is 0 Å². The highest BCUT2D eigenvalue weighted by Gasteiger charge is 2.31. The van der Waals surface area contributed by atoms with E-state index >= 15 is 0 Å². The zero-order valence-corrected chi connectivity index (χ0v) is 10.6. The van der Waals surface area contributed by atoms with Gasteiger partial charge in [-0.1, -0.05) is 30.3 Å². The van der Waals surface area contributed by atoms with Crippen molar-refractivity contribution in [3.8, 4) is 0 Å². The van der Waals surface area contributed by atoms with Gasteiger partial charge >= 0.3 is 0 Å². The predicted octanol–water partition coefficient (Wildman–Crippen LogP) is 1.06. The molecule has 3 unspecified atom stereocenters. The summed E-state index contributed by atoms with van der Waals surface area (Å²) in [5, 5.41) is 10.1. The first kappa shape index (κ1) is 13.1. The highest BCUT2D eigenvalue weighted by Crippen LogP contribution is 2.22. The van der Waals surface area contributed by atoms with E-state index in [0.29, 0.717) is 12.1 Å². The van der Waals surface area contributed by atoms with Crippen molar-refractivity contribution in [3.05, 3.63) is 35.9 Å². The largest absolute Gasteiger partial charge is 0.378 e. The lowest BCUT2D eigenvalue weighted by molar-refractivity contribution is -0.144. The van der Waals surface area contributed by atoms with Gasteiger partial charge in [-0.3, -0.25) is 4.79 Å². The van der Waals surface area contributed by atoms with Crippen LogP contribution in [0.3, 0.4) is 0 Å². The van der Waals surface area contributed by atoms with E-state index in [1.54, 1.807) is 17.0 Å². The number of nitrogens with two attached hydrogens (primary N) is 1. The fraction of sp³-hybridized carbons (Fsp3) is 0.500. The first-order valence-corrected chi connectivity index (χ1v) is 6.38. The van der Waals surface area contributed by atoms with Gasteiger partial charge in [-0.25, -0.2) is 0 Å². The summed E-state index contributed by atoms with van der Waals surface area (Å²) in [6.45, 7) is 2.61. The molecule has 4 heteroatoms. The van der Waals surface area contributed by atoms with Gasteiger partial charge in [0.25, 0.3) is 5.91 Å². The molecule has 1 aliphatic rings. The van der Waals surface area contributed by atoms with Crippen molar-refractivity contribution < 1.29 is 9.90 Å². The second kappa shape index (κ2) is 5.50. The number of aliphatic hydroxyl groups is 1. The maximum Gasteiger partial charge on any atom is 0.256 e. The quantitative estimate of drug-likeness (QED) is 0.822. The molecule has 1 amide bonds. The minimum atomic E-state index is -1.07. The van der Waals surface area contributed by atoms with Crippen LogP contribution < -0.4 is 5.73 Å². The van der Waals surface area contributed by atoms with Crippen molar-refractivity contribution in [2.45, 2.75) is 38.0 Å². The first-order chi connectivity index (χ1) is 8.59. The number of hydrogen-bond acceptors (Lipinski definition) is 3. The summed E-state index contributed by atoms with van der Waals surface area (Å²) >= 11 is 0. The molecule has 2 rings (SSSR count). The van der Waals surface area contributed by atoms with Crippen molar-refractivity contribution in [3.63, 3.8) is 0 Å². The van der Waals surface area contributed by atoms with Crippen molar-refractivity contribution in [1.29, 1.82) is 0 Å². The minimum absolute atomic E-state index is 0.0969. The summed E-state index contributed by atoms with van der Waals surface area (Å²) in [6, 6.07) is 9.30. The lowest BCUT2D eigenvalue weighted by Gasteiger charge is -2.37. The van der Waals surface area contributed by atoms with Crippen molar-refractivity contribution in [2.75, 3.05) is 6.54 Å². The summed E-state index contributed by atoms with van der Waals surface area (Å²) in [7, 11) is 0. The summed E-state index contributed by atoms with van der Waals surface area (Å²) < 4.78 is 0. The SMILES string of the molecule is CC1CC(N)CCN1C(=O)C(O)c1ccccc1. The third-order valence-corrected chi connectivity index (χ3v) is 3.55. The van der Waals surface area contributed by atoms with E-state index in [4.69, 9.17) is 5.73 Å². The van der Waals surface area contributed by atoms with Gasteiger partial charge in [-0.2, -0.15) is 0 Å². The van der Waals surface area contributed by atoms with E-state index in [1.807, 2.05) is 25.1 Å². The number of aliphatic hydroxyl groups excluding tert-OH is 1. The number of hydrogen-bond donors (Lipinski definition) is 2. The third-order valence-electron chi connectivity index (χ3n) is 3.55. The van der Waals surface area contributed by atoms with Crippen LogP contribution in [0.25, 0.3) is 0 Å². The van der Waals surface area contributed by atoms with Gasteiger partial charge in [-0.05, 0) is 25.3 Å². The number of carbonyl (C=O) groups excluding carboxylic acids is 1. The van der Waals surface area contributed by atoms with Crippen molar-refractivity contribution >= 4 is 5.91 Å². The summed E-state index contributed by atoms with van der Waals surface area (Å²) in [5.74, 6) is -0.222. The van der Waals surface area contributed by atoms with Gasteiger partial charge in [0.15, 0.2) is 6.10 Å². The Morgan fingerprint density at radius 3 is 2.72 bits per heavy atom. The molecule has 1 aromatic carbocycles. The highest BCUT2D eigenvalue weighted by molar-refractivity contribution is 5.82. The standard InChI is InChI=1S/C14H20N2O2/c1-10-9-12(15)7-8-16(10)14(18)13(17)11-5-3-2-4-6-11/h2-6,10,12-13,17H,7-9,15H2,1H3. The number of nitrogens with zero attached hydrogens (tertiary/aromatic N) is 1. The average Bonchev–Trinajstić information content (AvgIpc) is 2.38. The van der Waals surface area contributed by atoms with E-state index < -0.39 is 6.10 Å². The van der Waals surface area contributed by atoms with Gasteiger partial charge < -0.3 is 15.7 Å². The molecular formula is C14H20N2O2. The predicted molar refractivity (Wildman–Crippen MR) is 69.8 cm³/mol. The Hall–Kier alpha value is -1.39. The Balaban J connectivity index is 2.07. The van der Waals surface area contributed by atoms with Gasteiger partial charge in [0, 0.05) is 18.6 Å². The zero-order chi connectivity index (χ0) is 13.1. The normalized spacial score (nSPS) is 25.8.